The van der Waals surface area contributed by atoms with Gasteiger partial charge in [0.1, 0.15) is 22.2 Å². The molecule has 1 aliphatic heterocycles. The SMILES string of the molecule is CCC(C)(C)c1ccc(OCCCNS(=O)(=O)c2ccc(N=C3CC(=O)N(c4c(Cl)cc(Cl)cc4Cl)N3)cc2Cl)c(C(C)(C)CC)c1. The van der Waals surface area contributed by atoms with E-state index >= 15 is 0 Å². The van der Waals surface area contributed by atoms with Crippen molar-refractivity contribution < 1.29 is 17.9 Å². The Bertz CT molecular complexity index is 1770. The molecule has 0 aliphatic carbocycles. The summed E-state index contributed by atoms with van der Waals surface area (Å²) in [6.07, 6.45) is 2.36. The number of ether oxygens (including phenoxy) is 1. The average Bonchev–Trinajstić information content (AvgIpc) is 3.34. The van der Waals surface area contributed by atoms with Gasteiger partial charge in [-0.05, 0) is 72.1 Å². The van der Waals surface area contributed by atoms with Crippen LogP contribution in [0.1, 0.15) is 78.4 Å². The number of anilines is 1. The summed E-state index contributed by atoms with van der Waals surface area (Å²) >= 11 is 24.9. The lowest BCUT2D eigenvalue weighted by Crippen LogP contribution is -2.36. The van der Waals surface area contributed by atoms with Gasteiger partial charge >= 0.3 is 0 Å². The smallest absolute Gasteiger partial charge is 0.253 e. The number of carbonyl (C=O) groups excluding carboxylic acids is 1. The summed E-state index contributed by atoms with van der Waals surface area (Å²) in [4.78, 5) is 17.0. The largest absolute Gasteiger partial charge is 0.493 e. The number of carbonyl (C=O) groups is 1. The van der Waals surface area contributed by atoms with E-state index in [1.807, 2.05) is 6.07 Å². The van der Waals surface area contributed by atoms with E-state index in [1.165, 1.54) is 40.9 Å². The molecule has 1 aliphatic rings. The van der Waals surface area contributed by atoms with E-state index in [4.69, 9.17) is 51.1 Å². The van der Waals surface area contributed by atoms with Crippen LogP contribution >= 0.6 is 46.4 Å². The molecular formula is C34H40Cl4N4O4S. The molecule has 0 aromatic heterocycles. The number of aliphatic imine (C=N–C) groups is 1. The Morgan fingerprint density at radius 1 is 0.915 bits per heavy atom. The van der Waals surface area contributed by atoms with Crippen LogP contribution in [0.4, 0.5) is 11.4 Å². The molecule has 0 atom stereocenters. The standard InChI is InChI=1S/C34H40Cl4N4O4S/c1-7-33(3,4)21-10-12-28(24(16-21)34(5,6)8-2)46-15-9-14-39-47(44,45)29-13-11-23(19-25(29)36)40-30-20-31(43)42(41-30)32-26(37)17-22(35)18-27(32)38/h10-13,16-19,39H,7-9,14-15,20H2,1-6H3,(H,40,41). The number of amidine groups is 1. The van der Waals surface area contributed by atoms with Gasteiger partial charge in [-0.1, -0.05) is 100 Å². The number of rotatable bonds is 13. The predicted molar refractivity (Wildman–Crippen MR) is 194 cm³/mol. The molecule has 1 fully saturated rings. The first-order valence-corrected chi connectivity index (χ1v) is 18.4. The summed E-state index contributed by atoms with van der Waals surface area (Å²) in [5.74, 6) is 0.781. The summed E-state index contributed by atoms with van der Waals surface area (Å²) < 4.78 is 35.0. The molecule has 0 bridgehead atoms. The maximum Gasteiger partial charge on any atom is 0.253 e. The summed E-state index contributed by atoms with van der Waals surface area (Å²) in [6, 6.07) is 13.7. The summed E-state index contributed by atoms with van der Waals surface area (Å²) in [7, 11) is -3.91. The lowest BCUT2D eigenvalue weighted by molar-refractivity contribution is -0.116. The van der Waals surface area contributed by atoms with E-state index in [9.17, 15) is 13.2 Å². The first kappa shape index (κ1) is 37.3. The van der Waals surface area contributed by atoms with Gasteiger partial charge in [-0.15, -0.1) is 0 Å². The number of amides is 1. The zero-order chi connectivity index (χ0) is 34.7. The highest BCUT2D eigenvalue weighted by atomic mass is 35.5. The second kappa shape index (κ2) is 14.9. The molecule has 8 nitrogen and oxygen atoms in total. The second-order valence-corrected chi connectivity index (χ2v) is 16.1. The van der Waals surface area contributed by atoms with E-state index in [-0.39, 0.29) is 55.4 Å². The molecule has 3 aromatic carbocycles. The van der Waals surface area contributed by atoms with Gasteiger partial charge in [0, 0.05) is 17.1 Å². The minimum Gasteiger partial charge on any atom is -0.493 e. The fraction of sp³-hybridized carbons (Fsp3) is 0.412. The van der Waals surface area contributed by atoms with Crippen LogP contribution in [0.5, 0.6) is 5.75 Å². The second-order valence-electron chi connectivity index (χ2n) is 12.7. The van der Waals surface area contributed by atoms with Gasteiger partial charge in [-0.2, -0.15) is 0 Å². The monoisotopic (exact) mass is 740 g/mol. The highest BCUT2D eigenvalue weighted by Crippen LogP contribution is 2.39. The van der Waals surface area contributed by atoms with Crippen LogP contribution in [-0.2, 0) is 25.6 Å². The number of hydrogen-bond acceptors (Lipinski definition) is 5. The third-order valence-corrected chi connectivity index (χ3v) is 11.4. The van der Waals surface area contributed by atoms with Gasteiger partial charge < -0.3 is 4.74 Å². The minimum absolute atomic E-state index is 0.0119. The van der Waals surface area contributed by atoms with Crippen molar-refractivity contribution in [2.75, 3.05) is 18.2 Å². The average molecular weight is 743 g/mol. The zero-order valence-corrected chi connectivity index (χ0v) is 31.1. The lowest BCUT2D eigenvalue weighted by Gasteiger charge is -2.30. The Balaban J connectivity index is 1.38. The van der Waals surface area contributed by atoms with Crippen LogP contribution < -0.4 is 19.9 Å². The number of nitrogens with one attached hydrogen (secondary N) is 2. The first-order chi connectivity index (χ1) is 22.0. The third kappa shape index (κ3) is 8.74. The number of benzene rings is 3. The molecule has 47 heavy (non-hydrogen) atoms. The summed E-state index contributed by atoms with van der Waals surface area (Å²) in [6.45, 7) is 13.7. The topological polar surface area (TPSA) is 100 Å². The molecule has 0 unspecified atom stereocenters. The van der Waals surface area contributed by atoms with Gasteiger partial charge in [0.05, 0.1) is 33.8 Å². The lowest BCUT2D eigenvalue weighted by atomic mass is 9.76. The number of sulfonamides is 1. The van der Waals surface area contributed by atoms with Crippen LogP contribution in [0.3, 0.4) is 0 Å². The third-order valence-electron chi connectivity index (χ3n) is 8.61. The van der Waals surface area contributed by atoms with E-state index < -0.39 is 10.0 Å². The van der Waals surface area contributed by atoms with Crippen LogP contribution in [0.2, 0.25) is 20.1 Å². The molecule has 3 aromatic rings. The molecule has 4 rings (SSSR count). The van der Waals surface area contributed by atoms with Gasteiger partial charge in [0.15, 0.2) is 0 Å². The molecule has 0 spiro atoms. The van der Waals surface area contributed by atoms with Gasteiger partial charge in [0.25, 0.3) is 5.91 Å². The van der Waals surface area contributed by atoms with Crippen molar-refractivity contribution >= 4 is 79.5 Å². The fourth-order valence-electron chi connectivity index (χ4n) is 4.92. The molecule has 13 heteroatoms. The number of nitrogens with zero attached hydrogens (tertiary/aromatic N) is 2. The van der Waals surface area contributed by atoms with Crippen LogP contribution in [-0.4, -0.2) is 33.3 Å². The molecule has 1 saturated heterocycles. The van der Waals surface area contributed by atoms with Crippen LogP contribution in [0, 0.1) is 0 Å². The summed E-state index contributed by atoms with van der Waals surface area (Å²) in [5.41, 5.74) is 5.89. The molecule has 1 heterocycles. The van der Waals surface area contributed by atoms with Gasteiger partial charge in [-0.3, -0.25) is 10.2 Å². The first-order valence-electron chi connectivity index (χ1n) is 15.4. The van der Waals surface area contributed by atoms with E-state index in [0.717, 1.165) is 24.2 Å². The van der Waals surface area contributed by atoms with Crippen LogP contribution in [0.15, 0.2) is 58.4 Å². The Morgan fingerprint density at radius 3 is 2.19 bits per heavy atom. The molecule has 1 amide bonds. The number of halogens is 4. The Morgan fingerprint density at radius 2 is 1.57 bits per heavy atom. The quantitative estimate of drug-likeness (QED) is 0.170. The normalized spacial score (nSPS) is 15.0. The maximum atomic E-state index is 13.1. The van der Waals surface area contributed by atoms with Crippen molar-refractivity contribution in [2.24, 2.45) is 4.99 Å². The van der Waals surface area contributed by atoms with Crippen molar-refractivity contribution in [1.82, 2.24) is 10.1 Å². The van der Waals surface area contributed by atoms with E-state index in [0.29, 0.717) is 29.6 Å². The van der Waals surface area contributed by atoms with Crippen molar-refractivity contribution in [1.29, 1.82) is 0 Å². The number of hydrogen-bond donors (Lipinski definition) is 2. The zero-order valence-electron chi connectivity index (χ0n) is 27.3. The molecule has 0 saturated carbocycles. The van der Waals surface area contributed by atoms with E-state index in [1.54, 1.807) is 0 Å². The van der Waals surface area contributed by atoms with E-state index in [2.05, 4.69) is 68.8 Å². The molecule has 0 radical (unpaired) electrons. The van der Waals surface area contributed by atoms with Gasteiger partial charge in [-0.25, -0.2) is 23.1 Å². The highest BCUT2D eigenvalue weighted by molar-refractivity contribution is 7.89. The molecule has 2 N–H and O–H groups in total. The van der Waals surface area contributed by atoms with Crippen molar-refractivity contribution in [3.63, 3.8) is 0 Å². The molecular weight excluding hydrogens is 702 g/mol. The van der Waals surface area contributed by atoms with Crippen molar-refractivity contribution in [2.45, 2.75) is 83.0 Å². The Hall–Kier alpha value is -2.53. The highest BCUT2D eigenvalue weighted by Gasteiger charge is 2.31. The molecule has 254 valence electrons. The Labute approximate surface area is 297 Å². The van der Waals surface area contributed by atoms with Gasteiger partial charge in [0.2, 0.25) is 10.0 Å². The Kier molecular flexibility index (Phi) is 11.8. The predicted octanol–water partition coefficient (Wildman–Crippen LogP) is 9.39. The van der Waals surface area contributed by atoms with Crippen LogP contribution in [0.25, 0.3) is 0 Å². The van der Waals surface area contributed by atoms with Crippen molar-refractivity contribution in [3.8, 4) is 5.75 Å². The minimum atomic E-state index is -3.91. The maximum absolute atomic E-state index is 13.1. The fourth-order valence-corrected chi connectivity index (χ4v) is 7.52. The summed E-state index contributed by atoms with van der Waals surface area (Å²) in [5, 5.41) is 1.90. The van der Waals surface area contributed by atoms with Crippen molar-refractivity contribution in [3.05, 3.63) is 79.7 Å². The number of hydrazine groups is 1.